The highest BCUT2D eigenvalue weighted by Crippen LogP contribution is 2.21. The molecule has 5 nitrogen and oxygen atoms in total. The Morgan fingerprint density at radius 1 is 1.09 bits per heavy atom. The first kappa shape index (κ1) is 14.8. The third kappa shape index (κ3) is 3.08. The maximum Gasteiger partial charge on any atom is 0.337 e. The van der Waals surface area contributed by atoms with Gasteiger partial charge in [0.05, 0.1) is 12.7 Å². The van der Waals surface area contributed by atoms with Crippen molar-refractivity contribution < 1.29 is 18.7 Å². The van der Waals surface area contributed by atoms with E-state index >= 15 is 0 Å². The highest BCUT2D eigenvalue weighted by atomic mass is 16.5. The molecule has 0 fully saturated rings. The molecule has 0 aliphatic rings. The Labute approximate surface area is 132 Å². The Hall–Kier alpha value is -3.08. The van der Waals surface area contributed by atoms with Crippen LogP contribution in [0.25, 0.3) is 11.0 Å². The lowest BCUT2D eigenvalue weighted by Crippen LogP contribution is -2.11. The van der Waals surface area contributed by atoms with Crippen LogP contribution in [-0.2, 0) is 4.74 Å². The molecule has 0 saturated carbocycles. The number of ether oxygens (including phenoxy) is 1. The molecule has 116 valence electrons. The van der Waals surface area contributed by atoms with E-state index in [0.717, 1.165) is 10.9 Å². The Balaban J connectivity index is 1.84. The van der Waals surface area contributed by atoms with Crippen molar-refractivity contribution in [3.8, 4) is 0 Å². The summed E-state index contributed by atoms with van der Waals surface area (Å²) in [4.78, 5) is 23.8. The first-order chi connectivity index (χ1) is 11.1. The number of carbonyl (C=O) groups is 2. The standard InChI is InChI=1S/C18H15NO4/c1-11-6-7-15-13(8-11)10-16(23-15)17(20)19-14-5-3-4-12(9-14)18(21)22-2/h3-10H,1-2H3,(H,19,20). The predicted molar refractivity (Wildman–Crippen MR) is 86.7 cm³/mol. The molecule has 0 aliphatic heterocycles. The fourth-order valence-electron chi connectivity index (χ4n) is 2.31. The molecular weight excluding hydrogens is 294 g/mol. The van der Waals surface area contributed by atoms with Crippen LogP contribution in [0.1, 0.15) is 26.5 Å². The first-order valence-corrected chi connectivity index (χ1v) is 7.07. The van der Waals surface area contributed by atoms with Gasteiger partial charge in [-0.25, -0.2) is 4.79 Å². The van der Waals surface area contributed by atoms with Crippen LogP contribution in [0.2, 0.25) is 0 Å². The molecule has 3 rings (SSSR count). The zero-order valence-electron chi connectivity index (χ0n) is 12.8. The minimum Gasteiger partial charge on any atom is -0.465 e. The fraction of sp³-hybridized carbons (Fsp3) is 0.111. The molecular formula is C18H15NO4. The lowest BCUT2D eigenvalue weighted by molar-refractivity contribution is 0.0600. The maximum atomic E-state index is 12.3. The summed E-state index contributed by atoms with van der Waals surface area (Å²) in [6.07, 6.45) is 0. The molecule has 0 radical (unpaired) electrons. The quantitative estimate of drug-likeness (QED) is 0.748. The molecule has 1 amide bonds. The van der Waals surface area contributed by atoms with E-state index in [0.29, 0.717) is 16.8 Å². The molecule has 23 heavy (non-hydrogen) atoms. The van der Waals surface area contributed by atoms with Gasteiger partial charge in [-0.05, 0) is 43.3 Å². The van der Waals surface area contributed by atoms with Crippen LogP contribution < -0.4 is 5.32 Å². The molecule has 3 aromatic rings. The van der Waals surface area contributed by atoms with E-state index in [9.17, 15) is 9.59 Å². The maximum absolute atomic E-state index is 12.3. The summed E-state index contributed by atoms with van der Waals surface area (Å²) in [5.74, 6) is -0.616. The fourth-order valence-corrected chi connectivity index (χ4v) is 2.31. The zero-order valence-corrected chi connectivity index (χ0v) is 12.8. The van der Waals surface area contributed by atoms with Gasteiger partial charge in [-0.3, -0.25) is 4.79 Å². The molecule has 0 spiro atoms. The van der Waals surface area contributed by atoms with Gasteiger partial charge in [-0.2, -0.15) is 0 Å². The summed E-state index contributed by atoms with van der Waals surface area (Å²) in [6.45, 7) is 1.98. The van der Waals surface area contributed by atoms with Crippen LogP contribution in [0, 0.1) is 6.92 Å². The average molecular weight is 309 g/mol. The van der Waals surface area contributed by atoms with Crippen LogP contribution in [-0.4, -0.2) is 19.0 Å². The number of aryl methyl sites for hydroxylation is 1. The third-order valence-corrected chi connectivity index (χ3v) is 3.44. The number of carbonyl (C=O) groups excluding carboxylic acids is 2. The van der Waals surface area contributed by atoms with Gasteiger partial charge in [0.2, 0.25) is 0 Å². The number of benzene rings is 2. The monoisotopic (exact) mass is 309 g/mol. The van der Waals surface area contributed by atoms with E-state index in [4.69, 9.17) is 4.42 Å². The summed E-state index contributed by atoms with van der Waals surface area (Å²) < 4.78 is 10.2. The minimum atomic E-state index is -0.458. The van der Waals surface area contributed by atoms with Gasteiger partial charge in [0.25, 0.3) is 5.91 Å². The second kappa shape index (κ2) is 5.96. The van der Waals surface area contributed by atoms with Crippen molar-refractivity contribution in [3.05, 3.63) is 65.4 Å². The van der Waals surface area contributed by atoms with E-state index in [1.165, 1.54) is 7.11 Å². The van der Waals surface area contributed by atoms with Crippen LogP contribution in [0.4, 0.5) is 5.69 Å². The minimum absolute atomic E-state index is 0.217. The highest BCUT2D eigenvalue weighted by Gasteiger charge is 2.13. The predicted octanol–water partition coefficient (Wildman–Crippen LogP) is 3.78. The number of methoxy groups -OCH3 is 1. The average Bonchev–Trinajstić information content (AvgIpc) is 2.97. The van der Waals surface area contributed by atoms with Crippen molar-refractivity contribution in [1.82, 2.24) is 0 Å². The van der Waals surface area contributed by atoms with Crippen LogP contribution in [0.5, 0.6) is 0 Å². The number of hydrogen-bond acceptors (Lipinski definition) is 4. The van der Waals surface area contributed by atoms with E-state index in [2.05, 4.69) is 10.1 Å². The largest absolute Gasteiger partial charge is 0.465 e. The molecule has 0 atom stereocenters. The van der Waals surface area contributed by atoms with Gasteiger partial charge in [0.15, 0.2) is 5.76 Å². The van der Waals surface area contributed by atoms with Crippen LogP contribution >= 0.6 is 0 Å². The molecule has 0 aliphatic carbocycles. The number of amides is 1. The number of furan rings is 1. The van der Waals surface area contributed by atoms with Gasteiger partial charge in [0.1, 0.15) is 5.58 Å². The number of fused-ring (bicyclic) bond motifs is 1. The lowest BCUT2D eigenvalue weighted by atomic mass is 10.2. The molecule has 0 saturated heterocycles. The first-order valence-electron chi connectivity index (χ1n) is 7.07. The van der Waals surface area contributed by atoms with Crippen LogP contribution in [0.3, 0.4) is 0 Å². The van der Waals surface area contributed by atoms with E-state index in [-0.39, 0.29) is 11.7 Å². The SMILES string of the molecule is COC(=O)c1cccc(NC(=O)c2cc3cc(C)ccc3o2)c1. The topological polar surface area (TPSA) is 68.5 Å². The Morgan fingerprint density at radius 3 is 2.70 bits per heavy atom. The summed E-state index contributed by atoms with van der Waals surface area (Å²) in [5.41, 5.74) is 2.61. The summed E-state index contributed by atoms with van der Waals surface area (Å²) in [6, 6.07) is 13.9. The Kier molecular flexibility index (Phi) is 3.85. The number of esters is 1. The van der Waals surface area contributed by atoms with Gasteiger partial charge in [-0.1, -0.05) is 17.7 Å². The molecule has 5 heteroatoms. The second-order valence-corrected chi connectivity index (χ2v) is 5.18. The zero-order chi connectivity index (χ0) is 16.4. The smallest absolute Gasteiger partial charge is 0.337 e. The van der Waals surface area contributed by atoms with E-state index < -0.39 is 5.97 Å². The summed E-state index contributed by atoms with van der Waals surface area (Å²) >= 11 is 0. The molecule has 2 aromatic carbocycles. The van der Waals surface area contributed by atoms with E-state index in [1.807, 2.05) is 25.1 Å². The van der Waals surface area contributed by atoms with Gasteiger partial charge < -0.3 is 14.5 Å². The van der Waals surface area contributed by atoms with Gasteiger partial charge in [0, 0.05) is 11.1 Å². The third-order valence-electron chi connectivity index (χ3n) is 3.44. The highest BCUT2D eigenvalue weighted by molar-refractivity contribution is 6.05. The lowest BCUT2D eigenvalue weighted by Gasteiger charge is -2.05. The van der Waals surface area contributed by atoms with Gasteiger partial charge >= 0.3 is 5.97 Å². The normalized spacial score (nSPS) is 10.5. The summed E-state index contributed by atoms with van der Waals surface area (Å²) in [5, 5.41) is 3.59. The van der Waals surface area contributed by atoms with Crippen molar-refractivity contribution in [1.29, 1.82) is 0 Å². The van der Waals surface area contributed by atoms with Crippen molar-refractivity contribution in [2.75, 3.05) is 12.4 Å². The Morgan fingerprint density at radius 2 is 1.91 bits per heavy atom. The van der Waals surface area contributed by atoms with Crippen molar-refractivity contribution in [2.24, 2.45) is 0 Å². The second-order valence-electron chi connectivity index (χ2n) is 5.18. The molecule has 1 aromatic heterocycles. The summed E-state index contributed by atoms with van der Waals surface area (Å²) in [7, 11) is 1.31. The van der Waals surface area contributed by atoms with Crippen LogP contribution in [0.15, 0.2) is 52.9 Å². The van der Waals surface area contributed by atoms with Crippen molar-refractivity contribution >= 4 is 28.5 Å². The van der Waals surface area contributed by atoms with Crippen molar-refractivity contribution in [2.45, 2.75) is 6.92 Å². The molecule has 1 N–H and O–H groups in total. The van der Waals surface area contributed by atoms with Gasteiger partial charge in [-0.15, -0.1) is 0 Å². The molecule has 1 heterocycles. The number of anilines is 1. The van der Waals surface area contributed by atoms with E-state index in [1.54, 1.807) is 30.3 Å². The molecule has 0 bridgehead atoms. The Bertz CT molecular complexity index is 895. The number of nitrogens with one attached hydrogen (secondary N) is 1. The number of rotatable bonds is 3. The molecule has 0 unspecified atom stereocenters. The van der Waals surface area contributed by atoms with Crippen molar-refractivity contribution in [3.63, 3.8) is 0 Å². The number of hydrogen-bond donors (Lipinski definition) is 1.